The van der Waals surface area contributed by atoms with Crippen LogP contribution in [0.1, 0.15) is 5.56 Å². The summed E-state index contributed by atoms with van der Waals surface area (Å²) < 4.78 is 23.9. The van der Waals surface area contributed by atoms with E-state index in [-0.39, 0.29) is 30.7 Å². The van der Waals surface area contributed by atoms with Gasteiger partial charge in [0.05, 0.1) is 24.3 Å². The number of carbonyl (C=O) groups is 1. The number of hydrogen-bond acceptors (Lipinski definition) is 3. The number of amides is 1. The Kier molecular flexibility index (Phi) is 4.31. The number of fused-ring (bicyclic) bond motifs is 1. The molecule has 0 bridgehead atoms. The first-order valence-electron chi connectivity index (χ1n) is 5.48. The molecule has 0 aliphatic carbocycles. The number of hydrogen-bond donors (Lipinski definition) is 1. The van der Waals surface area contributed by atoms with Gasteiger partial charge in [-0.3, -0.25) is 4.79 Å². The Hall–Kier alpha value is -1.27. The maximum Gasteiger partial charge on any atom is 0.249 e. The van der Waals surface area contributed by atoms with E-state index >= 15 is 0 Å². The third-order valence-corrected chi connectivity index (χ3v) is 4.44. The topological polar surface area (TPSA) is 43.1 Å². The molecule has 2 nitrogen and oxygen atoms in total. The van der Waals surface area contributed by atoms with Crippen molar-refractivity contribution in [1.29, 1.82) is 0 Å². The predicted molar refractivity (Wildman–Crippen MR) is 77.0 cm³/mol. The standard InChI is InChI=1S/C13H11F2NOS2/c14-18-13(19-15,12(16)17)8-9-5-6-10-3-1-2-4-11(10)7-9/h1-7H,8H2,(H2,16,17). The lowest BCUT2D eigenvalue weighted by atomic mass is 10.0. The summed E-state index contributed by atoms with van der Waals surface area (Å²) in [6.45, 7) is 0. The molecule has 0 atom stereocenters. The van der Waals surface area contributed by atoms with Gasteiger partial charge in [-0.1, -0.05) is 42.5 Å². The lowest BCUT2D eigenvalue weighted by Crippen LogP contribution is -2.38. The van der Waals surface area contributed by atoms with E-state index in [1.807, 2.05) is 30.3 Å². The molecule has 0 fully saturated rings. The predicted octanol–water partition coefficient (Wildman–Crippen LogP) is 3.80. The summed E-state index contributed by atoms with van der Waals surface area (Å²) in [7, 11) is 0. The minimum absolute atomic E-state index is 0.102. The number of rotatable bonds is 5. The van der Waals surface area contributed by atoms with E-state index in [4.69, 9.17) is 5.73 Å². The molecular weight excluding hydrogens is 288 g/mol. The van der Waals surface area contributed by atoms with Crippen LogP contribution in [0.25, 0.3) is 10.8 Å². The second-order valence-electron chi connectivity index (χ2n) is 4.13. The molecule has 0 saturated carbocycles. The summed E-state index contributed by atoms with van der Waals surface area (Å²) in [5, 5.41) is 1.97. The minimum atomic E-state index is -1.91. The number of nitrogens with two attached hydrogens (primary N) is 1. The van der Waals surface area contributed by atoms with Crippen molar-refractivity contribution in [1.82, 2.24) is 0 Å². The molecule has 1 amide bonds. The van der Waals surface area contributed by atoms with Gasteiger partial charge in [-0.15, -0.1) is 0 Å². The molecule has 2 rings (SSSR count). The van der Waals surface area contributed by atoms with Crippen LogP contribution in [0.4, 0.5) is 7.77 Å². The first-order valence-corrected chi connectivity index (χ1v) is 6.92. The Bertz CT molecular complexity index is 602. The quantitative estimate of drug-likeness (QED) is 0.854. The van der Waals surface area contributed by atoms with Gasteiger partial charge in [0, 0.05) is 6.42 Å². The second-order valence-corrected chi connectivity index (χ2v) is 6.09. The summed E-state index contributed by atoms with van der Waals surface area (Å²) in [6.07, 6.45) is -0.102. The summed E-state index contributed by atoms with van der Waals surface area (Å²) in [4.78, 5) is 11.3. The van der Waals surface area contributed by atoms with Crippen molar-refractivity contribution in [3.8, 4) is 0 Å². The van der Waals surface area contributed by atoms with Crippen LogP contribution in [0.2, 0.25) is 0 Å². The second kappa shape index (κ2) is 5.79. The Morgan fingerprint density at radius 2 is 1.74 bits per heavy atom. The van der Waals surface area contributed by atoms with Crippen molar-refractivity contribution >= 4 is 41.0 Å². The van der Waals surface area contributed by atoms with E-state index in [2.05, 4.69) is 0 Å². The van der Waals surface area contributed by atoms with Gasteiger partial charge in [0.25, 0.3) is 0 Å². The zero-order valence-electron chi connectivity index (χ0n) is 9.81. The van der Waals surface area contributed by atoms with Gasteiger partial charge in [-0.05, 0) is 16.3 Å². The molecule has 6 heteroatoms. The van der Waals surface area contributed by atoms with Crippen LogP contribution in [-0.2, 0) is 11.2 Å². The molecule has 0 unspecified atom stereocenters. The Labute approximate surface area is 118 Å². The van der Waals surface area contributed by atoms with E-state index < -0.39 is 9.99 Å². The van der Waals surface area contributed by atoms with Gasteiger partial charge < -0.3 is 5.73 Å². The van der Waals surface area contributed by atoms with Gasteiger partial charge in [0.15, 0.2) is 0 Å². The molecular formula is C13H11F2NOS2. The van der Waals surface area contributed by atoms with E-state index in [9.17, 15) is 12.6 Å². The van der Waals surface area contributed by atoms with Crippen molar-refractivity contribution in [3.05, 3.63) is 48.0 Å². The minimum Gasteiger partial charge on any atom is -0.368 e. The Morgan fingerprint density at radius 3 is 2.32 bits per heavy atom. The van der Waals surface area contributed by atoms with Crippen LogP contribution >= 0.6 is 24.3 Å². The maximum atomic E-state index is 12.9. The van der Waals surface area contributed by atoms with E-state index in [0.29, 0.717) is 5.56 Å². The number of halogens is 2. The highest BCUT2D eigenvalue weighted by Gasteiger charge is 2.41. The van der Waals surface area contributed by atoms with Gasteiger partial charge in [0.2, 0.25) is 9.99 Å². The Balaban J connectivity index is 2.36. The zero-order chi connectivity index (χ0) is 13.9. The van der Waals surface area contributed by atoms with Crippen LogP contribution in [0, 0.1) is 0 Å². The molecule has 0 aliphatic rings. The van der Waals surface area contributed by atoms with E-state index in [0.717, 1.165) is 10.8 Å². The fourth-order valence-electron chi connectivity index (χ4n) is 1.85. The lowest BCUT2D eigenvalue weighted by Gasteiger charge is -2.20. The van der Waals surface area contributed by atoms with Crippen molar-refractivity contribution < 1.29 is 12.6 Å². The molecule has 0 spiro atoms. The number of benzene rings is 2. The summed E-state index contributed by atoms with van der Waals surface area (Å²) in [5.41, 5.74) is 5.75. The van der Waals surface area contributed by atoms with E-state index in [1.54, 1.807) is 12.1 Å². The van der Waals surface area contributed by atoms with Crippen molar-refractivity contribution in [2.75, 3.05) is 0 Å². The summed E-state index contributed by atoms with van der Waals surface area (Å²) in [5.74, 6) is -1.01. The van der Waals surface area contributed by atoms with Crippen molar-refractivity contribution in [2.24, 2.45) is 5.73 Å². The van der Waals surface area contributed by atoms with Crippen LogP contribution in [0.5, 0.6) is 0 Å². The van der Waals surface area contributed by atoms with Crippen LogP contribution in [-0.4, -0.2) is 9.99 Å². The van der Waals surface area contributed by atoms with Gasteiger partial charge in [-0.25, -0.2) is 0 Å². The molecule has 2 aromatic rings. The molecule has 0 radical (unpaired) electrons. The molecule has 19 heavy (non-hydrogen) atoms. The monoisotopic (exact) mass is 299 g/mol. The Morgan fingerprint density at radius 1 is 1.11 bits per heavy atom. The average molecular weight is 299 g/mol. The molecule has 0 aromatic heterocycles. The number of carbonyl (C=O) groups excluding carboxylic acids is 1. The maximum absolute atomic E-state index is 12.9. The highest BCUT2D eigenvalue weighted by molar-refractivity contribution is 8.14. The van der Waals surface area contributed by atoms with Crippen molar-refractivity contribution in [2.45, 2.75) is 10.5 Å². The molecule has 0 aliphatic heterocycles. The van der Waals surface area contributed by atoms with Crippen LogP contribution in [0.3, 0.4) is 0 Å². The van der Waals surface area contributed by atoms with Gasteiger partial charge in [-0.2, -0.15) is 7.77 Å². The third-order valence-electron chi connectivity index (χ3n) is 2.88. The highest BCUT2D eigenvalue weighted by Crippen LogP contribution is 2.41. The first-order chi connectivity index (χ1) is 9.11. The molecule has 2 N–H and O–H groups in total. The SMILES string of the molecule is NC(=O)C(Cc1ccc2ccccc2c1)(SF)SF. The van der Waals surface area contributed by atoms with Crippen LogP contribution in [0.15, 0.2) is 42.5 Å². The molecule has 0 saturated heterocycles. The fourth-order valence-corrected chi connectivity index (χ4v) is 2.54. The van der Waals surface area contributed by atoms with Gasteiger partial charge in [0.1, 0.15) is 0 Å². The first kappa shape index (κ1) is 14.1. The number of primary amides is 1. The molecule has 100 valence electrons. The lowest BCUT2D eigenvalue weighted by molar-refractivity contribution is -0.118. The van der Waals surface area contributed by atoms with Gasteiger partial charge >= 0.3 is 0 Å². The highest BCUT2D eigenvalue weighted by atomic mass is 32.2. The third kappa shape index (κ3) is 2.84. The fraction of sp³-hybridized carbons (Fsp3) is 0.154. The largest absolute Gasteiger partial charge is 0.368 e. The molecule has 2 aromatic carbocycles. The summed E-state index contributed by atoms with van der Waals surface area (Å²) in [6, 6.07) is 13.0. The normalized spacial score (nSPS) is 11.7. The van der Waals surface area contributed by atoms with E-state index in [1.165, 1.54) is 0 Å². The summed E-state index contributed by atoms with van der Waals surface area (Å²) >= 11 is -0.722. The molecule has 0 heterocycles. The smallest absolute Gasteiger partial charge is 0.249 e. The van der Waals surface area contributed by atoms with Crippen molar-refractivity contribution in [3.63, 3.8) is 0 Å². The van der Waals surface area contributed by atoms with Crippen LogP contribution < -0.4 is 5.73 Å². The zero-order valence-corrected chi connectivity index (χ0v) is 11.4. The average Bonchev–Trinajstić information content (AvgIpc) is 2.44.